The first-order valence-corrected chi connectivity index (χ1v) is 7.43. The molecule has 1 heterocycles. The molecule has 2 aromatic carbocycles. The molecule has 3 rings (SSSR count). The summed E-state index contributed by atoms with van der Waals surface area (Å²) in [4.78, 5) is 4.67. The summed E-state index contributed by atoms with van der Waals surface area (Å²) in [7, 11) is 0. The van der Waals surface area contributed by atoms with E-state index in [9.17, 15) is 0 Å². The van der Waals surface area contributed by atoms with Crippen molar-refractivity contribution in [3.8, 4) is 27.9 Å². The molecule has 0 saturated carbocycles. The van der Waals surface area contributed by atoms with Gasteiger partial charge in [-0.05, 0) is 23.8 Å². The summed E-state index contributed by atoms with van der Waals surface area (Å²) >= 11 is 1.60. The van der Waals surface area contributed by atoms with Gasteiger partial charge in [-0.1, -0.05) is 30.3 Å². The van der Waals surface area contributed by atoms with E-state index in [4.69, 9.17) is 11.0 Å². The van der Waals surface area contributed by atoms with E-state index < -0.39 is 0 Å². The molecule has 0 radical (unpaired) electrons. The van der Waals surface area contributed by atoms with Crippen molar-refractivity contribution in [3.63, 3.8) is 0 Å². The second-order valence-corrected chi connectivity index (χ2v) is 5.49. The van der Waals surface area contributed by atoms with Crippen molar-refractivity contribution in [3.05, 3.63) is 65.0 Å². The zero-order valence-corrected chi connectivity index (χ0v) is 12.1. The number of benzene rings is 2. The van der Waals surface area contributed by atoms with Crippen LogP contribution in [-0.4, -0.2) is 4.98 Å². The van der Waals surface area contributed by atoms with E-state index >= 15 is 0 Å². The third-order valence-electron chi connectivity index (χ3n) is 3.20. The first-order chi connectivity index (χ1) is 10.3. The maximum Gasteiger partial charge on any atom is 0.124 e. The molecular formula is C17H13N3S. The first kappa shape index (κ1) is 13.5. The Labute approximate surface area is 127 Å². The van der Waals surface area contributed by atoms with Crippen LogP contribution in [-0.2, 0) is 6.54 Å². The van der Waals surface area contributed by atoms with Crippen LogP contribution in [0.5, 0.6) is 0 Å². The van der Waals surface area contributed by atoms with Crippen molar-refractivity contribution in [1.82, 2.24) is 4.98 Å². The quantitative estimate of drug-likeness (QED) is 0.798. The van der Waals surface area contributed by atoms with Gasteiger partial charge < -0.3 is 5.73 Å². The smallest absolute Gasteiger partial charge is 0.124 e. The second kappa shape index (κ2) is 5.88. The largest absolute Gasteiger partial charge is 0.326 e. The van der Waals surface area contributed by atoms with Crippen LogP contribution in [0.4, 0.5) is 0 Å². The van der Waals surface area contributed by atoms with E-state index in [0.29, 0.717) is 12.1 Å². The molecule has 0 spiro atoms. The van der Waals surface area contributed by atoms with Gasteiger partial charge >= 0.3 is 0 Å². The Morgan fingerprint density at radius 3 is 2.71 bits per heavy atom. The molecule has 0 bridgehead atoms. The van der Waals surface area contributed by atoms with Gasteiger partial charge in [-0.15, -0.1) is 11.3 Å². The number of aromatic nitrogens is 1. The lowest BCUT2D eigenvalue weighted by atomic mass is 10.1. The highest BCUT2D eigenvalue weighted by atomic mass is 32.1. The van der Waals surface area contributed by atoms with Crippen LogP contribution in [0, 0.1) is 11.3 Å². The fraction of sp³-hybridized carbons (Fsp3) is 0.0588. The minimum atomic E-state index is 0.524. The van der Waals surface area contributed by atoms with Gasteiger partial charge in [0, 0.05) is 23.1 Å². The lowest BCUT2D eigenvalue weighted by Gasteiger charge is -2.00. The van der Waals surface area contributed by atoms with Crippen LogP contribution >= 0.6 is 11.3 Å². The molecule has 0 aliphatic rings. The van der Waals surface area contributed by atoms with Gasteiger partial charge in [-0.2, -0.15) is 5.26 Å². The highest BCUT2D eigenvalue weighted by Crippen LogP contribution is 2.29. The fourth-order valence-electron chi connectivity index (χ4n) is 2.12. The van der Waals surface area contributed by atoms with Crippen LogP contribution in [0.1, 0.15) is 11.1 Å². The van der Waals surface area contributed by atoms with Crippen molar-refractivity contribution in [2.75, 3.05) is 0 Å². The van der Waals surface area contributed by atoms with Gasteiger partial charge in [0.2, 0.25) is 0 Å². The summed E-state index contributed by atoms with van der Waals surface area (Å²) in [6.07, 6.45) is 0. The molecule has 1 aromatic heterocycles. The van der Waals surface area contributed by atoms with E-state index in [0.717, 1.165) is 27.4 Å². The first-order valence-electron chi connectivity index (χ1n) is 6.55. The standard InChI is InChI=1S/C17H13N3S/c18-9-12-3-1-5-14(7-12)16-11-21-17(20-16)15-6-2-4-13(8-15)10-19/h1-8,11H,10,19H2. The average molecular weight is 291 g/mol. The number of nitrogens with two attached hydrogens (primary N) is 1. The molecule has 0 aliphatic carbocycles. The molecule has 0 saturated heterocycles. The zero-order valence-electron chi connectivity index (χ0n) is 11.3. The molecule has 3 nitrogen and oxygen atoms in total. The van der Waals surface area contributed by atoms with Crippen molar-refractivity contribution in [1.29, 1.82) is 5.26 Å². The summed E-state index contributed by atoms with van der Waals surface area (Å²) in [5, 5.41) is 11.9. The lowest BCUT2D eigenvalue weighted by molar-refractivity contribution is 1.07. The van der Waals surface area contributed by atoms with Gasteiger partial charge in [0.05, 0.1) is 17.3 Å². The topological polar surface area (TPSA) is 62.7 Å². The summed E-state index contributed by atoms with van der Waals surface area (Å²) in [5.74, 6) is 0. The Hall–Kier alpha value is -2.48. The summed E-state index contributed by atoms with van der Waals surface area (Å²) in [6, 6.07) is 17.7. The maximum atomic E-state index is 8.97. The third kappa shape index (κ3) is 2.84. The van der Waals surface area contributed by atoms with Crippen LogP contribution in [0.25, 0.3) is 21.8 Å². The fourth-order valence-corrected chi connectivity index (χ4v) is 2.94. The number of nitrogens with zero attached hydrogens (tertiary/aromatic N) is 2. The van der Waals surface area contributed by atoms with Gasteiger partial charge in [0.1, 0.15) is 5.01 Å². The number of nitriles is 1. The van der Waals surface area contributed by atoms with Crippen LogP contribution in [0.15, 0.2) is 53.9 Å². The van der Waals surface area contributed by atoms with Gasteiger partial charge in [0.15, 0.2) is 0 Å². The van der Waals surface area contributed by atoms with Crippen molar-refractivity contribution in [2.24, 2.45) is 5.73 Å². The lowest BCUT2D eigenvalue weighted by Crippen LogP contribution is -1.95. The molecule has 0 atom stereocenters. The van der Waals surface area contributed by atoms with Crippen LogP contribution in [0.3, 0.4) is 0 Å². The molecule has 3 aromatic rings. The number of rotatable bonds is 3. The normalized spacial score (nSPS) is 10.3. The second-order valence-electron chi connectivity index (χ2n) is 4.64. The van der Waals surface area contributed by atoms with E-state index in [1.54, 1.807) is 17.4 Å². The Morgan fingerprint density at radius 1 is 1.10 bits per heavy atom. The van der Waals surface area contributed by atoms with Gasteiger partial charge in [-0.25, -0.2) is 4.98 Å². The molecule has 0 fully saturated rings. The molecular weight excluding hydrogens is 278 g/mol. The molecule has 21 heavy (non-hydrogen) atoms. The Kier molecular flexibility index (Phi) is 3.78. The minimum Gasteiger partial charge on any atom is -0.326 e. The molecule has 0 unspecified atom stereocenters. The average Bonchev–Trinajstić information content (AvgIpc) is 3.05. The zero-order chi connectivity index (χ0) is 14.7. The molecule has 0 amide bonds. The maximum absolute atomic E-state index is 8.97. The van der Waals surface area contributed by atoms with E-state index in [2.05, 4.69) is 17.1 Å². The van der Waals surface area contributed by atoms with Crippen molar-refractivity contribution in [2.45, 2.75) is 6.54 Å². The van der Waals surface area contributed by atoms with Crippen molar-refractivity contribution < 1.29 is 0 Å². The summed E-state index contributed by atoms with van der Waals surface area (Å²) in [6.45, 7) is 0.524. The van der Waals surface area contributed by atoms with Crippen LogP contribution in [0.2, 0.25) is 0 Å². The number of thiazole rings is 1. The summed E-state index contributed by atoms with van der Waals surface area (Å²) in [5.41, 5.74) is 10.3. The van der Waals surface area contributed by atoms with Gasteiger partial charge in [-0.3, -0.25) is 0 Å². The number of hydrogen-bond acceptors (Lipinski definition) is 4. The Morgan fingerprint density at radius 2 is 1.90 bits per heavy atom. The number of hydrogen-bond donors (Lipinski definition) is 1. The van der Waals surface area contributed by atoms with Crippen molar-refractivity contribution >= 4 is 11.3 Å². The molecule has 4 heteroatoms. The molecule has 102 valence electrons. The van der Waals surface area contributed by atoms with E-state index in [-0.39, 0.29) is 0 Å². The summed E-state index contributed by atoms with van der Waals surface area (Å²) < 4.78 is 0. The monoisotopic (exact) mass is 291 g/mol. The molecule has 0 aliphatic heterocycles. The SMILES string of the molecule is N#Cc1cccc(-c2csc(-c3cccc(CN)c3)n2)c1. The van der Waals surface area contributed by atoms with Gasteiger partial charge in [0.25, 0.3) is 0 Å². The van der Waals surface area contributed by atoms with E-state index in [1.165, 1.54) is 0 Å². The Balaban J connectivity index is 1.97. The minimum absolute atomic E-state index is 0.524. The predicted molar refractivity (Wildman–Crippen MR) is 85.6 cm³/mol. The van der Waals surface area contributed by atoms with Crippen LogP contribution < -0.4 is 5.73 Å². The third-order valence-corrected chi connectivity index (χ3v) is 4.09. The molecule has 2 N–H and O–H groups in total. The van der Waals surface area contributed by atoms with E-state index in [1.807, 2.05) is 41.8 Å². The highest BCUT2D eigenvalue weighted by Gasteiger charge is 2.07. The predicted octanol–water partition coefficient (Wildman–Crippen LogP) is 3.81. The Bertz CT molecular complexity index is 815. The highest BCUT2D eigenvalue weighted by molar-refractivity contribution is 7.13.